The van der Waals surface area contributed by atoms with Crippen molar-refractivity contribution in [2.45, 2.75) is 20.3 Å². The molecule has 1 aromatic carbocycles. The molecular weight excluding hydrogens is 272 g/mol. The predicted octanol–water partition coefficient (Wildman–Crippen LogP) is 0.952. The number of nitrogens with one attached hydrogen (secondary N) is 2. The summed E-state index contributed by atoms with van der Waals surface area (Å²) in [6, 6.07) is 6.99. The van der Waals surface area contributed by atoms with Crippen LogP contribution in [0.1, 0.15) is 29.3 Å². The maximum absolute atomic E-state index is 11.8. The molecule has 0 saturated heterocycles. The van der Waals surface area contributed by atoms with Gasteiger partial charge in [0.05, 0.1) is 12.5 Å². The molecule has 1 unspecified atom stereocenters. The maximum atomic E-state index is 11.8. The first-order valence-electron chi connectivity index (χ1n) is 6.78. The number of benzene rings is 1. The Kier molecular flexibility index (Phi) is 6.39. The SMILES string of the molecule is CCC(CNC(=O)CNC(=O)c1ccc(C)cc1)C(=O)O. The largest absolute Gasteiger partial charge is 0.481 e. The number of amides is 2. The lowest BCUT2D eigenvalue weighted by Gasteiger charge is -2.11. The second-order valence-electron chi connectivity index (χ2n) is 4.80. The Morgan fingerprint density at radius 1 is 1.14 bits per heavy atom. The van der Waals surface area contributed by atoms with E-state index in [9.17, 15) is 14.4 Å². The highest BCUT2D eigenvalue weighted by atomic mass is 16.4. The van der Waals surface area contributed by atoms with Crippen molar-refractivity contribution < 1.29 is 19.5 Å². The van der Waals surface area contributed by atoms with Crippen molar-refractivity contribution in [1.29, 1.82) is 0 Å². The van der Waals surface area contributed by atoms with Crippen LogP contribution in [0.2, 0.25) is 0 Å². The number of carbonyl (C=O) groups is 3. The van der Waals surface area contributed by atoms with Gasteiger partial charge in [-0.25, -0.2) is 0 Å². The minimum absolute atomic E-state index is 0.0606. The molecule has 1 atom stereocenters. The normalized spacial score (nSPS) is 11.5. The number of rotatable bonds is 7. The first-order chi connectivity index (χ1) is 9.93. The summed E-state index contributed by atoms with van der Waals surface area (Å²) in [5, 5.41) is 13.8. The van der Waals surface area contributed by atoms with Crippen molar-refractivity contribution in [3.8, 4) is 0 Å². The van der Waals surface area contributed by atoms with E-state index < -0.39 is 17.8 Å². The molecule has 114 valence electrons. The van der Waals surface area contributed by atoms with Crippen LogP contribution >= 0.6 is 0 Å². The first-order valence-corrected chi connectivity index (χ1v) is 6.78. The number of hydrogen-bond donors (Lipinski definition) is 3. The number of aryl methyl sites for hydroxylation is 1. The highest BCUT2D eigenvalue weighted by molar-refractivity contribution is 5.96. The van der Waals surface area contributed by atoms with Gasteiger partial charge in [-0.15, -0.1) is 0 Å². The van der Waals surface area contributed by atoms with Crippen LogP contribution < -0.4 is 10.6 Å². The number of carboxylic acids is 1. The van der Waals surface area contributed by atoms with Crippen LogP contribution in [0.4, 0.5) is 0 Å². The summed E-state index contributed by atoms with van der Waals surface area (Å²) in [4.78, 5) is 34.1. The van der Waals surface area contributed by atoms with Crippen LogP contribution in [0, 0.1) is 12.8 Å². The fourth-order valence-corrected chi connectivity index (χ4v) is 1.67. The van der Waals surface area contributed by atoms with E-state index in [1.807, 2.05) is 19.1 Å². The number of aliphatic carboxylic acids is 1. The minimum Gasteiger partial charge on any atom is -0.481 e. The van der Waals surface area contributed by atoms with Gasteiger partial charge in [0.2, 0.25) is 5.91 Å². The molecule has 6 nitrogen and oxygen atoms in total. The van der Waals surface area contributed by atoms with Gasteiger partial charge in [0.25, 0.3) is 5.91 Å². The van der Waals surface area contributed by atoms with E-state index in [1.54, 1.807) is 19.1 Å². The van der Waals surface area contributed by atoms with E-state index in [1.165, 1.54) is 0 Å². The standard InChI is InChI=1S/C15H20N2O4/c1-3-11(15(20)21)8-16-13(18)9-17-14(19)12-6-4-10(2)5-7-12/h4-7,11H,3,8-9H2,1-2H3,(H,16,18)(H,17,19)(H,20,21). The highest BCUT2D eigenvalue weighted by Gasteiger charge is 2.16. The van der Waals surface area contributed by atoms with Crippen LogP contribution in [0.25, 0.3) is 0 Å². The Morgan fingerprint density at radius 3 is 2.29 bits per heavy atom. The molecule has 0 radical (unpaired) electrons. The fraction of sp³-hybridized carbons (Fsp3) is 0.400. The quantitative estimate of drug-likeness (QED) is 0.697. The number of hydrogen-bond acceptors (Lipinski definition) is 3. The van der Waals surface area contributed by atoms with Crippen LogP contribution in [0.15, 0.2) is 24.3 Å². The Labute approximate surface area is 123 Å². The molecule has 0 bridgehead atoms. The van der Waals surface area contributed by atoms with Gasteiger partial charge in [-0.3, -0.25) is 14.4 Å². The van der Waals surface area contributed by atoms with Crippen molar-refractivity contribution in [3.05, 3.63) is 35.4 Å². The summed E-state index contributed by atoms with van der Waals surface area (Å²) in [6.45, 7) is 3.54. The van der Waals surface area contributed by atoms with Crippen molar-refractivity contribution in [3.63, 3.8) is 0 Å². The van der Waals surface area contributed by atoms with E-state index in [0.717, 1.165) is 5.56 Å². The summed E-state index contributed by atoms with van der Waals surface area (Å²) in [7, 11) is 0. The Balaban J connectivity index is 2.37. The van der Waals surface area contributed by atoms with Gasteiger partial charge in [0.1, 0.15) is 0 Å². The molecule has 2 amide bonds. The molecule has 6 heteroatoms. The average Bonchev–Trinajstić information content (AvgIpc) is 2.45. The highest BCUT2D eigenvalue weighted by Crippen LogP contribution is 2.02. The van der Waals surface area contributed by atoms with Crippen LogP contribution in [0.5, 0.6) is 0 Å². The summed E-state index contributed by atoms with van der Waals surface area (Å²) in [5.74, 6) is -2.30. The molecule has 21 heavy (non-hydrogen) atoms. The van der Waals surface area contributed by atoms with Gasteiger partial charge >= 0.3 is 5.97 Å². The van der Waals surface area contributed by atoms with Crippen LogP contribution in [-0.2, 0) is 9.59 Å². The average molecular weight is 292 g/mol. The summed E-state index contributed by atoms with van der Waals surface area (Å²) < 4.78 is 0. The van der Waals surface area contributed by atoms with Gasteiger partial charge in [-0.05, 0) is 25.5 Å². The molecule has 0 heterocycles. The zero-order chi connectivity index (χ0) is 15.8. The van der Waals surface area contributed by atoms with E-state index in [-0.39, 0.29) is 19.0 Å². The fourth-order valence-electron chi connectivity index (χ4n) is 1.67. The minimum atomic E-state index is -0.943. The Hall–Kier alpha value is -2.37. The van der Waals surface area contributed by atoms with Gasteiger partial charge in [-0.2, -0.15) is 0 Å². The smallest absolute Gasteiger partial charge is 0.308 e. The van der Waals surface area contributed by atoms with E-state index >= 15 is 0 Å². The molecule has 0 aliphatic carbocycles. The zero-order valence-electron chi connectivity index (χ0n) is 12.2. The van der Waals surface area contributed by atoms with Crippen LogP contribution in [-0.4, -0.2) is 36.0 Å². The molecule has 0 aliphatic rings. The Bertz CT molecular complexity index is 511. The van der Waals surface area contributed by atoms with Crippen molar-refractivity contribution in [1.82, 2.24) is 10.6 Å². The molecule has 1 aromatic rings. The lowest BCUT2D eigenvalue weighted by Crippen LogP contribution is -2.40. The summed E-state index contributed by atoms with van der Waals surface area (Å²) in [5.41, 5.74) is 1.52. The summed E-state index contributed by atoms with van der Waals surface area (Å²) in [6.07, 6.45) is 0.436. The maximum Gasteiger partial charge on any atom is 0.308 e. The van der Waals surface area contributed by atoms with Gasteiger partial charge < -0.3 is 15.7 Å². The molecule has 0 fully saturated rings. The van der Waals surface area contributed by atoms with Gasteiger partial charge in [-0.1, -0.05) is 24.6 Å². The third-order valence-electron chi connectivity index (χ3n) is 3.11. The number of carboxylic acid groups (broad SMARTS) is 1. The van der Waals surface area contributed by atoms with Gasteiger partial charge in [0, 0.05) is 12.1 Å². The van der Waals surface area contributed by atoms with Crippen molar-refractivity contribution in [2.75, 3.05) is 13.1 Å². The summed E-state index contributed by atoms with van der Waals surface area (Å²) >= 11 is 0. The molecule has 0 aliphatic heterocycles. The molecule has 0 spiro atoms. The monoisotopic (exact) mass is 292 g/mol. The van der Waals surface area contributed by atoms with E-state index in [4.69, 9.17) is 5.11 Å². The topological polar surface area (TPSA) is 95.5 Å². The second-order valence-corrected chi connectivity index (χ2v) is 4.80. The van der Waals surface area contributed by atoms with Crippen molar-refractivity contribution in [2.24, 2.45) is 5.92 Å². The zero-order valence-corrected chi connectivity index (χ0v) is 12.2. The molecule has 0 aromatic heterocycles. The second kappa shape index (κ2) is 8.04. The van der Waals surface area contributed by atoms with Gasteiger partial charge in [0.15, 0.2) is 0 Å². The van der Waals surface area contributed by atoms with E-state index in [0.29, 0.717) is 12.0 Å². The third kappa shape index (κ3) is 5.64. The molecule has 0 saturated carbocycles. The molecule has 3 N–H and O–H groups in total. The Morgan fingerprint density at radius 2 is 1.76 bits per heavy atom. The first kappa shape index (κ1) is 16.7. The van der Waals surface area contributed by atoms with Crippen molar-refractivity contribution >= 4 is 17.8 Å². The van der Waals surface area contributed by atoms with E-state index in [2.05, 4.69) is 10.6 Å². The number of carbonyl (C=O) groups excluding carboxylic acids is 2. The van der Waals surface area contributed by atoms with Crippen LogP contribution in [0.3, 0.4) is 0 Å². The molecular formula is C15H20N2O4. The lowest BCUT2D eigenvalue weighted by atomic mass is 10.1. The lowest BCUT2D eigenvalue weighted by molar-refractivity contribution is -0.141. The molecule has 1 rings (SSSR count). The predicted molar refractivity (Wildman–Crippen MR) is 77.9 cm³/mol. The third-order valence-corrected chi connectivity index (χ3v) is 3.11.